The van der Waals surface area contributed by atoms with Gasteiger partial charge in [-0.15, -0.1) is 0 Å². The van der Waals surface area contributed by atoms with Crippen LogP contribution >= 0.6 is 0 Å². The smallest absolute Gasteiger partial charge is 0.157 e. The molecule has 10 heteroatoms. The first kappa shape index (κ1) is 20.5. The minimum atomic E-state index is -1.18. The number of benzene rings is 1. The Hall–Kier alpha value is -2.37. The van der Waals surface area contributed by atoms with E-state index in [1.807, 2.05) is 41.0 Å². The zero-order chi connectivity index (χ0) is 21.2. The maximum Gasteiger partial charge on any atom is 0.157 e. The van der Waals surface area contributed by atoms with Crippen molar-refractivity contribution in [3.05, 3.63) is 36.7 Å². The van der Waals surface area contributed by atoms with Gasteiger partial charge in [-0.25, -0.2) is 13.5 Å². The van der Waals surface area contributed by atoms with E-state index in [-0.39, 0.29) is 6.10 Å². The molecule has 3 aromatic rings. The Balaban J connectivity index is 1.49. The number of hydrogen-bond acceptors (Lipinski definition) is 7. The fourth-order valence-corrected chi connectivity index (χ4v) is 5.26. The Morgan fingerprint density at radius 3 is 2.71 bits per heavy atom. The second-order valence-electron chi connectivity index (χ2n) is 7.64. The summed E-state index contributed by atoms with van der Waals surface area (Å²) in [5, 5.41) is 8.13. The summed E-state index contributed by atoms with van der Waals surface area (Å²) in [6, 6.07) is 7.90. The van der Waals surface area contributed by atoms with Crippen LogP contribution in [0, 0.1) is 0 Å². The van der Waals surface area contributed by atoms with Gasteiger partial charge in [-0.3, -0.25) is 5.10 Å². The number of aromatic amines is 1. The molecule has 3 N–H and O–H groups in total. The van der Waals surface area contributed by atoms with E-state index in [4.69, 9.17) is 15.2 Å². The van der Waals surface area contributed by atoms with E-state index in [9.17, 15) is 4.21 Å². The monoisotopic (exact) mass is 442 g/mol. The molecule has 9 nitrogen and oxygen atoms in total. The molecule has 2 aromatic heterocycles. The first-order chi connectivity index (χ1) is 15.2. The summed E-state index contributed by atoms with van der Waals surface area (Å²) in [7, 11) is -1.18. The Labute approximate surface area is 183 Å². The third-order valence-corrected chi connectivity index (χ3v) is 7.25. The first-order valence-corrected chi connectivity index (χ1v) is 11.6. The highest BCUT2D eigenvalue weighted by Crippen LogP contribution is 2.37. The quantitative estimate of drug-likeness (QED) is 0.610. The van der Waals surface area contributed by atoms with Crippen molar-refractivity contribution in [2.75, 3.05) is 57.4 Å². The van der Waals surface area contributed by atoms with Crippen LogP contribution in [0.5, 0.6) is 0 Å². The van der Waals surface area contributed by atoms with E-state index < -0.39 is 11.0 Å². The number of anilines is 1. The SMILES string of the molecule is NCC1CN(c2c(-c3ccc(S(=O)N4CCOCC4)cc3)cnc3[nH]ncc23)CCO1. The lowest BCUT2D eigenvalue weighted by molar-refractivity contribution is 0.0467. The van der Waals surface area contributed by atoms with Crippen LogP contribution < -0.4 is 10.6 Å². The Morgan fingerprint density at radius 2 is 1.94 bits per heavy atom. The molecule has 2 saturated heterocycles. The largest absolute Gasteiger partial charge is 0.379 e. The summed E-state index contributed by atoms with van der Waals surface area (Å²) in [6.07, 6.45) is 3.68. The average Bonchev–Trinajstić information content (AvgIpc) is 3.32. The van der Waals surface area contributed by atoms with E-state index in [1.165, 1.54) is 0 Å². The van der Waals surface area contributed by atoms with Crippen LogP contribution in [-0.4, -0.2) is 82.3 Å². The third kappa shape index (κ3) is 4.09. The van der Waals surface area contributed by atoms with E-state index in [2.05, 4.69) is 20.1 Å². The van der Waals surface area contributed by atoms with E-state index in [1.54, 1.807) is 0 Å². The van der Waals surface area contributed by atoms with Crippen molar-refractivity contribution in [3.63, 3.8) is 0 Å². The molecule has 2 aliphatic heterocycles. The number of fused-ring (bicyclic) bond motifs is 1. The third-order valence-electron chi connectivity index (χ3n) is 5.74. The van der Waals surface area contributed by atoms with Gasteiger partial charge >= 0.3 is 0 Å². The summed E-state index contributed by atoms with van der Waals surface area (Å²) in [6.45, 7) is 5.19. The molecular weight excluding hydrogens is 416 g/mol. The molecule has 31 heavy (non-hydrogen) atoms. The molecule has 2 unspecified atom stereocenters. The highest BCUT2D eigenvalue weighted by Gasteiger charge is 2.25. The number of rotatable bonds is 5. The molecule has 4 heterocycles. The van der Waals surface area contributed by atoms with Crippen molar-refractivity contribution in [2.45, 2.75) is 11.0 Å². The van der Waals surface area contributed by atoms with Gasteiger partial charge in [0, 0.05) is 44.5 Å². The van der Waals surface area contributed by atoms with Crippen molar-refractivity contribution in [1.29, 1.82) is 0 Å². The number of nitrogens with zero attached hydrogens (tertiary/aromatic N) is 4. The molecule has 0 saturated carbocycles. The lowest BCUT2D eigenvalue weighted by atomic mass is 10.0. The predicted octanol–water partition coefficient (Wildman–Crippen LogP) is 1.14. The number of ether oxygens (including phenoxy) is 2. The molecule has 2 fully saturated rings. The fourth-order valence-electron chi connectivity index (χ4n) is 4.12. The van der Waals surface area contributed by atoms with E-state index in [0.717, 1.165) is 39.3 Å². The molecule has 2 aliphatic rings. The van der Waals surface area contributed by atoms with Gasteiger partial charge in [-0.1, -0.05) is 12.1 Å². The van der Waals surface area contributed by atoms with Crippen LogP contribution in [0.3, 0.4) is 0 Å². The number of morpholine rings is 2. The first-order valence-electron chi connectivity index (χ1n) is 10.5. The number of nitrogens with one attached hydrogen (secondary N) is 1. The van der Waals surface area contributed by atoms with Gasteiger partial charge in [0.15, 0.2) is 5.65 Å². The lowest BCUT2D eigenvalue weighted by Gasteiger charge is -2.35. The molecule has 0 aliphatic carbocycles. The molecule has 1 aromatic carbocycles. The molecular formula is C21H26N6O3S. The zero-order valence-corrected chi connectivity index (χ0v) is 18.0. The normalized spacial score (nSPS) is 21.5. The van der Waals surface area contributed by atoms with Gasteiger partial charge in [0.25, 0.3) is 0 Å². The van der Waals surface area contributed by atoms with Crippen molar-refractivity contribution in [3.8, 4) is 11.1 Å². The number of hydrogen-bond donors (Lipinski definition) is 2. The molecule has 5 rings (SSSR count). The van der Waals surface area contributed by atoms with Gasteiger partial charge in [-0.05, 0) is 17.7 Å². The minimum absolute atomic E-state index is 0.00460. The van der Waals surface area contributed by atoms with Crippen LogP contribution in [0.2, 0.25) is 0 Å². The number of pyridine rings is 1. The fraction of sp³-hybridized carbons (Fsp3) is 0.429. The van der Waals surface area contributed by atoms with E-state index in [0.29, 0.717) is 46.0 Å². The number of aromatic nitrogens is 3. The summed E-state index contributed by atoms with van der Waals surface area (Å²) in [4.78, 5) is 7.65. The zero-order valence-electron chi connectivity index (χ0n) is 17.2. The highest BCUT2D eigenvalue weighted by molar-refractivity contribution is 7.82. The maximum atomic E-state index is 12.9. The minimum Gasteiger partial charge on any atom is -0.379 e. The van der Waals surface area contributed by atoms with Gasteiger partial charge in [0.2, 0.25) is 0 Å². The summed E-state index contributed by atoms with van der Waals surface area (Å²) >= 11 is 0. The van der Waals surface area contributed by atoms with Crippen LogP contribution in [0.1, 0.15) is 0 Å². The average molecular weight is 443 g/mol. The number of H-pyrrole nitrogens is 1. The van der Waals surface area contributed by atoms with Crippen LogP contribution in [0.15, 0.2) is 41.6 Å². The van der Waals surface area contributed by atoms with Crippen molar-refractivity contribution in [1.82, 2.24) is 19.5 Å². The molecule has 0 bridgehead atoms. The Morgan fingerprint density at radius 1 is 1.13 bits per heavy atom. The van der Waals surface area contributed by atoms with Crippen LogP contribution in [0.4, 0.5) is 5.69 Å². The van der Waals surface area contributed by atoms with Crippen molar-refractivity contribution >= 4 is 27.7 Å². The summed E-state index contributed by atoms with van der Waals surface area (Å²) in [5.74, 6) is 0. The van der Waals surface area contributed by atoms with Crippen LogP contribution in [-0.2, 0) is 20.5 Å². The van der Waals surface area contributed by atoms with Gasteiger partial charge < -0.3 is 20.1 Å². The Kier molecular flexibility index (Phi) is 5.97. The summed E-state index contributed by atoms with van der Waals surface area (Å²) < 4.78 is 26.0. The second kappa shape index (κ2) is 9.01. The lowest BCUT2D eigenvalue weighted by Crippen LogP contribution is -2.46. The van der Waals surface area contributed by atoms with Gasteiger partial charge in [-0.2, -0.15) is 5.10 Å². The molecule has 0 radical (unpaired) electrons. The molecule has 164 valence electrons. The van der Waals surface area contributed by atoms with Crippen molar-refractivity contribution in [2.24, 2.45) is 5.73 Å². The molecule has 0 amide bonds. The topological polar surface area (TPSA) is 110 Å². The maximum absolute atomic E-state index is 12.9. The van der Waals surface area contributed by atoms with Gasteiger partial charge in [0.1, 0.15) is 11.0 Å². The van der Waals surface area contributed by atoms with Crippen molar-refractivity contribution < 1.29 is 13.7 Å². The van der Waals surface area contributed by atoms with Gasteiger partial charge in [0.05, 0.1) is 48.1 Å². The number of nitrogens with two attached hydrogens (primary N) is 1. The predicted molar refractivity (Wildman–Crippen MR) is 119 cm³/mol. The second-order valence-corrected chi connectivity index (χ2v) is 9.13. The summed E-state index contributed by atoms with van der Waals surface area (Å²) in [5.41, 5.74) is 9.72. The van der Waals surface area contributed by atoms with E-state index >= 15 is 0 Å². The van der Waals surface area contributed by atoms with Crippen LogP contribution in [0.25, 0.3) is 22.2 Å². The standard InChI is InChI=1S/C21H26N6O3S/c22-11-16-14-26(5-10-30-16)20-18(12-23-21-19(20)13-24-25-21)15-1-3-17(4-2-15)31(28)27-6-8-29-9-7-27/h1-4,12-13,16H,5-11,14,22H2,(H,23,24,25). The molecule has 0 spiro atoms. The molecule has 2 atom stereocenters. The highest BCUT2D eigenvalue weighted by atomic mass is 32.2. The Bertz CT molecular complexity index is 1070.